The summed E-state index contributed by atoms with van der Waals surface area (Å²) in [5.74, 6) is 0.279. The minimum Gasteiger partial charge on any atom is -0.349 e. The number of nitro groups is 1. The van der Waals surface area contributed by atoms with Gasteiger partial charge in [-0.15, -0.1) is 11.3 Å². The molecule has 18 heavy (non-hydrogen) atoms. The Balaban J connectivity index is 2.31. The van der Waals surface area contributed by atoms with E-state index in [9.17, 15) is 10.1 Å². The molecule has 0 radical (unpaired) electrons. The van der Waals surface area contributed by atoms with Crippen LogP contribution in [0.15, 0.2) is 29.6 Å². The van der Waals surface area contributed by atoms with E-state index in [1.54, 1.807) is 23.3 Å². The molecule has 0 N–H and O–H groups in total. The van der Waals surface area contributed by atoms with Crippen molar-refractivity contribution < 1.29 is 4.92 Å². The van der Waals surface area contributed by atoms with E-state index < -0.39 is 4.92 Å². The van der Waals surface area contributed by atoms with Crippen molar-refractivity contribution in [2.24, 2.45) is 0 Å². The smallest absolute Gasteiger partial charge is 0.311 e. The predicted molar refractivity (Wildman–Crippen MR) is 72.3 cm³/mol. The van der Waals surface area contributed by atoms with E-state index in [2.05, 4.69) is 4.98 Å². The Morgan fingerprint density at radius 3 is 2.89 bits per heavy atom. The van der Waals surface area contributed by atoms with E-state index in [0.717, 1.165) is 4.88 Å². The summed E-state index contributed by atoms with van der Waals surface area (Å²) in [6, 6.07) is 6.70. The summed E-state index contributed by atoms with van der Waals surface area (Å²) in [4.78, 5) is 17.3. The van der Waals surface area contributed by atoms with Crippen LogP contribution >= 0.6 is 22.9 Å². The SMILES string of the molecule is CN(Cc1cccs1)c1nc(Cl)ccc1[N+](=O)[O-]. The molecule has 2 rings (SSSR count). The molecule has 2 aromatic heterocycles. The van der Waals surface area contributed by atoms with Gasteiger partial charge in [-0.05, 0) is 17.5 Å². The van der Waals surface area contributed by atoms with E-state index in [4.69, 9.17) is 11.6 Å². The van der Waals surface area contributed by atoms with Gasteiger partial charge in [-0.2, -0.15) is 0 Å². The quantitative estimate of drug-likeness (QED) is 0.490. The first kappa shape index (κ1) is 12.8. The van der Waals surface area contributed by atoms with Crippen molar-refractivity contribution in [3.63, 3.8) is 0 Å². The summed E-state index contributed by atoms with van der Waals surface area (Å²) in [5.41, 5.74) is -0.0431. The molecular formula is C11H10ClN3O2S. The molecular weight excluding hydrogens is 274 g/mol. The third kappa shape index (κ3) is 2.77. The first-order chi connectivity index (χ1) is 8.58. The maximum atomic E-state index is 10.9. The van der Waals surface area contributed by atoms with Crippen LogP contribution in [0.1, 0.15) is 4.88 Å². The summed E-state index contributed by atoms with van der Waals surface area (Å²) < 4.78 is 0. The molecule has 2 heterocycles. The average molecular weight is 284 g/mol. The molecule has 0 unspecified atom stereocenters. The fourth-order valence-electron chi connectivity index (χ4n) is 1.55. The molecule has 5 nitrogen and oxygen atoms in total. The van der Waals surface area contributed by atoms with Gasteiger partial charge in [0.1, 0.15) is 5.15 Å². The second-order valence-corrected chi connectivity index (χ2v) is 5.09. The van der Waals surface area contributed by atoms with Gasteiger partial charge in [0, 0.05) is 18.0 Å². The standard InChI is InChI=1S/C11H10ClN3O2S/c1-14(7-8-3-2-6-18-8)11-9(15(16)17)4-5-10(12)13-11/h2-6H,7H2,1H3. The topological polar surface area (TPSA) is 59.3 Å². The van der Waals surface area contributed by atoms with Crippen LogP contribution < -0.4 is 4.90 Å². The predicted octanol–water partition coefficient (Wildman–Crippen LogP) is 3.34. The molecule has 94 valence electrons. The molecule has 0 aliphatic heterocycles. The van der Waals surface area contributed by atoms with Crippen molar-refractivity contribution in [3.05, 3.63) is 49.8 Å². The second-order valence-electron chi connectivity index (χ2n) is 3.67. The highest BCUT2D eigenvalue weighted by molar-refractivity contribution is 7.09. The van der Waals surface area contributed by atoms with Gasteiger partial charge in [0.25, 0.3) is 0 Å². The van der Waals surface area contributed by atoms with Gasteiger partial charge in [0.2, 0.25) is 5.82 Å². The highest BCUT2D eigenvalue weighted by Gasteiger charge is 2.19. The lowest BCUT2D eigenvalue weighted by atomic mass is 10.3. The zero-order valence-corrected chi connectivity index (χ0v) is 11.1. The van der Waals surface area contributed by atoms with Crippen molar-refractivity contribution in [2.75, 3.05) is 11.9 Å². The summed E-state index contributed by atoms with van der Waals surface area (Å²) in [7, 11) is 1.76. The van der Waals surface area contributed by atoms with Crippen LogP contribution in [0, 0.1) is 10.1 Å². The minimum atomic E-state index is -0.455. The molecule has 0 atom stereocenters. The largest absolute Gasteiger partial charge is 0.349 e. The van der Waals surface area contributed by atoms with Crippen molar-refractivity contribution in [2.45, 2.75) is 6.54 Å². The fraction of sp³-hybridized carbons (Fsp3) is 0.182. The monoisotopic (exact) mass is 283 g/mol. The Morgan fingerprint density at radius 1 is 1.50 bits per heavy atom. The molecule has 0 aliphatic carbocycles. The lowest BCUT2D eigenvalue weighted by Crippen LogP contribution is -2.18. The number of hydrogen-bond donors (Lipinski definition) is 0. The van der Waals surface area contributed by atoms with Crippen molar-refractivity contribution in [1.29, 1.82) is 0 Å². The van der Waals surface area contributed by atoms with E-state index in [1.165, 1.54) is 12.1 Å². The maximum Gasteiger partial charge on any atom is 0.311 e. The van der Waals surface area contributed by atoms with Crippen LogP contribution in [0.4, 0.5) is 11.5 Å². The normalized spacial score (nSPS) is 10.3. The van der Waals surface area contributed by atoms with Crippen molar-refractivity contribution in [1.82, 2.24) is 4.98 Å². The zero-order chi connectivity index (χ0) is 13.1. The lowest BCUT2D eigenvalue weighted by molar-refractivity contribution is -0.384. The fourth-order valence-corrected chi connectivity index (χ4v) is 2.45. The van der Waals surface area contributed by atoms with E-state index in [0.29, 0.717) is 6.54 Å². The first-order valence-corrected chi connectivity index (χ1v) is 6.38. The van der Waals surface area contributed by atoms with Gasteiger partial charge in [0.05, 0.1) is 11.5 Å². The molecule has 0 saturated heterocycles. The Bertz CT molecular complexity index is 559. The van der Waals surface area contributed by atoms with Crippen LogP contribution in [0.3, 0.4) is 0 Å². The maximum absolute atomic E-state index is 10.9. The third-order valence-electron chi connectivity index (χ3n) is 2.35. The highest BCUT2D eigenvalue weighted by Crippen LogP contribution is 2.28. The molecule has 0 saturated carbocycles. The van der Waals surface area contributed by atoms with Crippen LogP contribution in [-0.2, 0) is 6.54 Å². The van der Waals surface area contributed by atoms with E-state index in [-0.39, 0.29) is 16.7 Å². The lowest BCUT2D eigenvalue weighted by Gasteiger charge is -2.17. The van der Waals surface area contributed by atoms with Crippen LogP contribution in [0.2, 0.25) is 5.15 Å². The van der Waals surface area contributed by atoms with Gasteiger partial charge >= 0.3 is 5.69 Å². The van der Waals surface area contributed by atoms with E-state index >= 15 is 0 Å². The van der Waals surface area contributed by atoms with Crippen molar-refractivity contribution >= 4 is 34.4 Å². The van der Waals surface area contributed by atoms with Crippen LogP contribution in [0.5, 0.6) is 0 Å². The summed E-state index contributed by atoms with van der Waals surface area (Å²) in [6.45, 7) is 0.561. The Labute approximate surface area is 113 Å². The van der Waals surface area contributed by atoms with Gasteiger partial charge in [0.15, 0.2) is 0 Å². The van der Waals surface area contributed by atoms with Gasteiger partial charge in [-0.25, -0.2) is 4.98 Å². The molecule has 0 fully saturated rings. The minimum absolute atomic E-state index is 0.0431. The molecule has 2 aromatic rings. The molecule has 0 aromatic carbocycles. The number of thiophene rings is 1. The highest BCUT2D eigenvalue weighted by atomic mass is 35.5. The van der Waals surface area contributed by atoms with Crippen LogP contribution in [-0.4, -0.2) is 17.0 Å². The van der Waals surface area contributed by atoms with Gasteiger partial charge in [-0.1, -0.05) is 17.7 Å². The number of pyridine rings is 1. The average Bonchev–Trinajstić information content (AvgIpc) is 2.81. The first-order valence-electron chi connectivity index (χ1n) is 5.12. The number of hydrogen-bond acceptors (Lipinski definition) is 5. The molecule has 0 aliphatic rings. The second kappa shape index (κ2) is 5.32. The van der Waals surface area contributed by atoms with E-state index in [1.807, 2.05) is 17.5 Å². The Hall–Kier alpha value is -1.66. The van der Waals surface area contributed by atoms with Gasteiger partial charge in [-0.3, -0.25) is 10.1 Å². The molecule has 0 amide bonds. The molecule has 0 bridgehead atoms. The zero-order valence-electron chi connectivity index (χ0n) is 9.54. The number of nitrogens with zero attached hydrogens (tertiary/aromatic N) is 3. The van der Waals surface area contributed by atoms with Crippen LogP contribution in [0.25, 0.3) is 0 Å². The summed E-state index contributed by atoms with van der Waals surface area (Å²) in [6.07, 6.45) is 0. The number of halogens is 1. The molecule has 0 spiro atoms. The van der Waals surface area contributed by atoms with Crippen molar-refractivity contribution in [3.8, 4) is 0 Å². The molecule has 7 heteroatoms. The summed E-state index contributed by atoms with van der Waals surface area (Å²) >= 11 is 7.38. The van der Waals surface area contributed by atoms with Gasteiger partial charge < -0.3 is 4.90 Å². The Kier molecular flexibility index (Phi) is 3.78. The third-order valence-corrected chi connectivity index (χ3v) is 3.42. The number of rotatable bonds is 4. The Morgan fingerprint density at radius 2 is 2.28 bits per heavy atom. The number of aromatic nitrogens is 1. The summed E-state index contributed by atoms with van der Waals surface area (Å²) in [5, 5.41) is 13.1. The number of anilines is 1.